The number of rotatable bonds is 4. The normalized spacial score (nSPS) is 17.8. The number of anilines is 1. The van der Waals surface area contributed by atoms with Gasteiger partial charge >= 0.3 is 0 Å². The first kappa shape index (κ1) is 13.8. The van der Waals surface area contributed by atoms with E-state index >= 15 is 0 Å². The van der Waals surface area contributed by atoms with Crippen molar-refractivity contribution in [3.8, 4) is 5.88 Å². The smallest absolute Gasteiger partial charge is 0.237 e. The van der Waals surface area contributed by atoms with Gasteiger partial charge in [-0.3, -0.25) is 4.79 Å². The molecule has 0 atom stereocenters. The number of ether oxygens (including phenoxy) is 2. The van der Waals surface area contributed by atoms with Crippen molar-refractivity contribution in [2.75, 3.05) is 32.2 Å². The minimum atomic E-state index is -0.556. The van der Waals surface area contributed by atoms with E-state index in [4.69, 9.17) is 15.2 Å². The van der Waals surface area contributed by atoms with Crippen molar-refractivity contribution in [1.29, 1.82) is 0 Å². The summed E-state index contributed by atoms with van der Waals surface area (Å²) in [5.74, 6) is 0.305. The van der Waals surface area contributed by atoms with Crippen LogP contribution in [0.2, 0.25) is 0 Å². The lowest BCUT2D eigenvalue weighted by Gasteiger charge is -2.34. The minimum Gasteiger partial charge on any atom is -0.480 e. The quantitative estimate of drug-likeness (QED) is 0.840. The number of hydrogen-bond acceptors (Lipinski definition) is 5. The molecule has 0 spiro atoms. The van der Waals surface area contributed by atoms with Gasteiger partial charge in [0.2, 0.25) is 11.8 Å². The summed E-state index contributed by atoms with van der Waals surface area (Å²) < 4.78 is 10.4. The molecule has 0 unspecified atom stereocenters. The highest BCUT2D eigenvalue weighted by Crippen LogP contribution is 2.32. The van der Waals surface area contributed by atoms with E-state index in [1.807, 2.05) is 0 Å². The lowest BCUT2D eigenvalue weighted by molar-refractivity contribution is -0.130. The number of nitrogens with one attached hydrogen (secondary N) is 1. The molecule has 2 rings (SSSR count). The largest absolute Gasteiger partial charge is 0.480 e. The van der Waals surface area contributed by atoms with E-state index in [1.165, 1.54) is 7.11 Å². The standard InChI is InChI=1S/C13H19N3O3/c1-18-11-10(3-2-6-15-11)16-12(17)13(9-14)4-7-19-8-5-13/h2-3,6H,4-5,7-9,14H2,1H3,(H,16,17). The molecule has 0 aromatic carbocycles. The summed E-state index contributed by atoms with van der Waals surface area (Å²) in [5.41, 5.74) is 5.81. The molecule has 0 aliphatic carbocycles. The SMILES string of the molecule is COc1ncccc1NC(=O)C1(CN)CCOCC1. The first-order chi connectivity index (χ1) is 9.22. The van der Waals surface area contributed by atoms with Gasteiger partial charge < -0.3 is 20.5 Å². The Morgan fingerprint density at radius 3 is 2.95 bits per heavy atom. The molecule has 0 bridgehead atoms. The highest BCUT2D eigenvalue weighted by molar-refractivity contribution is 5.96. The zero-order valence-electron chi connectivity index (χ0n) is 11.0. The van der Waals surface area contributed by atoms with Crippen molar-refractivity contribution in [3.63, 3.8) is 0 Å². The maximum absolute atomic E-state index is 12.5. The Morgan fingerprint density at radius 1 is 1.58 bits per heavy atom. The van der Waals surface area contributed by atoms with E-state index in [1.54, 1.807) is 18.3 Å². The fraction of sp³-hybridized carbons (Fsp3) is 0.538. The van der Waals surface area contributed by atoms with Crippen LogP contribution in [0.1, 0.15) is 12.8 Å². The van der Waals surface area contributed by atoms with Gasteiger partial charge in [-0.25, -0.2) is 4.98 Å². The molecular weight excluding hydrogens is 246 g/mol. The Balaban J connectivity index is 2.15. The summed E-state index contributed by atoms with van der Waals surface area (Å²) in [4.78, 5) is 16.5. The van der Waals surface area contributed by atoms with E-state index < -0.39 is 5.41 Å². The summed E-state index contributed by atoms with van der Waals surface area (Å²) in [6.07, 6.45) is 2.89. The number of pyridine rings is 1. The number of hydrogen-bond donors (Lipinski definition) is 2. The van der Waals surface area contributed by atoms with Gasteiger partial charge in [-0.2, -0.15) is 0 Å². The van der Waals surface area contributed by atoms with E-state index in [9.17, 15) is 4.79 Å². The van der Waals surface area contributed by atoms with Crippen LogP contribution in [-0.2, 0) is 9.53 Å². The first-order valence-corrected chi connectivity index (χ1v) is 6.30. The van der Waals surface area contributed by atoms with Gasteiger partial charge in [0.05, 0.1) is 12.5 Å². The molecule has 3 N–H and O–H groups in total. The van der Waals surface area contributed by atoms with E-state index in [2.05, 4.69) is 10.3 Å². The highest BCUT2D eigenvalue weighted by Gasteiger charge is 2.39. The number of aromatic nitrogens is 1. The van der Waals surface area contributed by atoms with Gasteiger partial charge in [0.15, 0.2) is 0 Å². The number of carbonyl (C=O) groups excluding carboxylic acids is 1. The average Bonchev–Trinajstić information content (AvgIpc) is 2.48. The maximum atomic E-state index is 12.5. The molecule has 1 aliphatic heterocycles. The minimum absolute atomic E-state index is 0.0930. The highest BCUT2D eigenvalue weighted by atomic mass is 16.5. The van der Waals surface area contributed by atoms with Crippen molar-refractivity contribution >= 4 is 11.6 Å². The molecule has 0 saturated carbocycles. The second-order valence-corrected chi connectivity index (χ2v) is 4.61. The molecule has 19 heavy (non-hydrogen) atoms. The first-order valence-electron chi connectivity index (χ1n) is 6.30. The lowest BCUT2D eigenvalue weighted by atomic mass is 9.79. The summed E-state index contributed by atoms with van der Waals surface area (Å²) in [5, 5.41) is 2.86. The predicted molar refractivity (Wildman–Crippen MR) is 71.0 cm³/mol. The molecule has 1 amide bonds. The average molecular weight is 265 g/mol. The number of nitrogens with two attached hydrogens (primary N) is 1. The van der Waals surface area contributed by atoms with Crippen LogP contribution >= 0.6 is 0 Å². The van der Waals surface area contributed by atoms with Crippen LogP contribution in [0.3, 0.4) is 0 Å². The molecule has 0 radical (unpaired) electrons. The van der Waals surface area contributed by atoms with Crippen LogP contribution in [0.5, 0.6) is 5.88 Å². The Hall–Kier alpha value is -1.66. The zero-order valence-corrected chi connectivity index (χ0v) is 11.0. The van der Waals surface area contributed by atoms with Crippen LogP contribution in [0.15, 0.2) is 18.3 Å². The maximum Gasteiger partial charge on any atom is 0.237 e. The van der Waals surface area contributed by atoms with E-state index in [-0.39, 0.29) is 5.91 Å². The number of amides is 1. The van der Waals surface area contributed by atoms with Gasteiger partial charge in [0, 0.05) is 26.0 Å². The third-order valence-corrected chi connectivity index (χ3v) is 3.54. The van der Waals surface area contributed by atoms with Gasteiger partial charge in [0.25, 0.3) is 0 Å². The monoisotopic (exact) mass is 265 g/mol. The van der Waals surface area contributed by atoms with Crippen molar-refractivity contribution in [2.45, 2.75) is 12.8 Å². The summed E-state index contributed by atoms with van der Waals surface area (Å²) >= 11 is 0. The summed E-state index contributed by atoms with van der Waals surface area (Å²) in [7, 11) is 1.52. The van der Waals surface area contributed by atoms with Crippen molar-refractivity contribution in [3.05, 3.63) is 18.3 Å². The fourth-order valence-electron chi connectivity index (χ4n) is 2.19. The Morgan fingerprint density at radius 2 is 2.32 bits per heavy atom. The van der Waals surface area contributed by atoms with Gasteiger partial charge in [0.1, 0.15) is 5.69 Å². The van der Waals surface area contributed by atoms with Crippen molar-refractivity contribution < 1.29 is 14.3 Å². The topological polar surface area (TPSA) is 86.5 Å². The number of nitrogens with zero attached hydrogens (tertiary/aromatic N) is 1. The lowest BCUT2D eigenvalue weighted by Crippen LogP contribution is -2.46. The van der Waals surface area contributed by atoms with Crippen LogP contribution in [0, 0.1) is 5.41 Å². The van der Waals surface area contributed by atoms with E-state index in [0.717, 1.165) is 0 Å². The number of carbonyl (C=O) groups is 1. The van der Waals surface area contributed by atoms with Gasteiger partial charge in [-0.15, -0.1) is 0 Å². The molecule has 1 aromatic heterocycles. The van der Waals surface area contributed by atoms with Crippen LogP contribution in [-0.4, -0.2) is 37.8 Å². The zero-order chi connectivity index (χ0) is 13.7. The van der Waals surface area contributed by atoms with Gasteiger partial charge in [-0.1, -0.05) is 0 Å². The van der Waals surface area contributed by atoms with Crippen molar-refractivity contribution in [2.24, 2.45) is 11.1 Å². The molecule has 104 valence electrons. The summed E-state index contributed by atoms with van der Waals surface area (Å²) in [6, 6.07) is 3.50. The Labute approximate surface area is 112 Å². The molecule has 1 aromatic rings. The third-order valence-electron chi connectivity index (χ3n) is 3.54. The van der Waals surface area contributed by atoms with Crippen molar-refractivity contribution in [1.82, 2.24) is 4.98 Å². The van der Waals surface area contributed by atoms with E-state index in [0.29, 0.717) is 44.2 Å². The summed E-state index contributed by atoms with van der Waals surface area (Å²) in [6.45, 7) is 1.44. The van der Waals surface area contributed by atoms with Crippen LogP contribution in [0.4, 0.5) is 5.69 Å². The molecule has 1 aliphatic rings. The Kier molecular flexibility index (Phi) is 4.34. The van der Waals surface area contributed by atoms with Crippen LogP contribution < -0.4 is 15.8 Å². The number of methoxy groups -OCH3 is 1. The second kappa shape index (κ2) is 5.99. The predicted octanol–water partition coefficient (Wildman–Crippen LogP) is 0.784. The van der Waals surface area contributed by atoms with Gasteiger partial charge in [-0.05, 0) is 25.0 Å². The molecule has 6 nitrogen and oxygen atoms in total. The molecule has 1 fully saturated rings. The third kappa shape index (κ3) is 2.85. The fourth-order valence-corrected chi connectivity index (χ4v) is 2.19. The molecular formula is C13H19N3O3. The Bertz CT molecular complexity index is 445. The molecule has 2 heterocycles. The van der Waals surface area contributed by atoms with Crippen LogP contribution in [0.25, 0.3) is 0 Å². The molecule has 1 saturated heterocycles. The molecule has 6 heteroatoms. The second-order valence-electron chi connectivity index (χ2n) is 4.61.